The molecular weight excluding hydrogens is 376 g/mol. The van der Waals surface area contributed by atoms with Crippen LogP contribution >= 0.6 is 0 Å². The van der Waals surface area contributed by atoms with Gasteiger partial charge in [0.1, 0.15) is 0 Å². The lowest BCUT2D eigenvalue weighted by molar-refractivity contribution is 0.581. The Bertz CT molecular complexity index is 1070. The third kappa shape index (κ3) is 4.05. The molecule has 0 spiro atoms. The van der Waals surface area contributed by atoms with Crippen LogP contribution in [0.5, 0.6) is 0 Å². The fourth-order valence-corrected chi connectivity index (χ4v) is 4.12. The van der Waals surface area contributed by atoms with Crippen LogP contribution < -0.4 is 10.0 Å². The summed E-state index contributed by atoms with van der Waals surface area (Å²) in [7, 11) is -3.45. The van der Waals surface area contributed by atoms with Crippen molar-refractivity contribution in [1.29, 1.82) is 0 Å². The molecule has 3 aromatic rings. The fourth-order valence-electron chi connectivity index (χ4n) is 2.81. The normalized spacial score (nSPS) is 14.4. The molecule has 0 saturated heterocycles. The molecule has 0 atom stereocenters. The molecule has 1 aliphatic rings. The predicted molar refractivity (Wildman–Crippen MR) is 107 cm³/mol. The molecule has 1 fully saturated rings. The summed E-state index contributed by atoms with van der Waals surface area (Å²) in [4.78, 5) is 13.3. The lowest BCUT2D eigenvalue weighted by atomic mass is 10.3. The lowest BCUT2D eigenvalue weighted by Crippen LogP contribution is -2.25. The highest BCUT2D eigenvalue weighted by Gasteiger charge is 2.27. The zero-order valence-electron chi connectivity index (χ0n) is 15.7. The summed E-state index contributed by atoms with van der Waals surface area (Å²) in [6.07, 6.45) is 7.05. The Morgan fingerprint density at radius 3 is 2.57 bits per heavy atom. The van der Waals surface area contributed by atoms with Crippen molar-refractivity contribution in [3.05, 3.63) is 49.1 Å². The minimum atomic E-state index is -3.45. The van der Waals surface area contributed by atoms with E-state index >= 15 is 0 Å². The number of sulfonamides is 1. The zero-order chi connectivity index (χ0) is 19.7. The summed E-state index contributed by atoms with van der Waals surface area (Å²) < 4.78 is 29.2. The first kappa shape index (κ1) is 18.6. The van der Waals surface area contributed by atoms with E-state index in [1.165, 1.54) is 0 Å². The Balaban J connectivity index is 1.52. The largest absolute Gasteiger partial charge is 0.327 e. The summed E-state index contributed by atoms with van der Waals surface area (Å²) in [6.45, 7) is 4.17. The monoisotopic (exact) mass is 398 g/mol. The predicted octanol–water partition coefficient (Wildman–Crippen LogP) is 3.11. The molecule has 8 nitrogen and oxygen atoms in total. The topological polar surface area (TPSA) is 102 Å². The third-order valence-electron chi connectivity index (χ3n) is 4.46. The number of anilines is 2. The van der Waals surface area contributed by atoms with Crippen LogP contribution in [0.25, 0.3) is 11.4 Å². The van der Waals surface area contributed by atoms with Crippen LogP contribution in [0.3, 0.4) is 0 Å². The second-order valence-electron chi connectivity index (χ2n) is 7.09. The highest BCUT2D eigenvalue weighted by molar-refractivity contribution is 7.89. The number of hydrogen-bond acceptors (Lipinski definition) is 6. The summed E-state index contributed by atoms with van der Waals surface area (Å²) in [5, 5.41) is 3.12. The first-order valence-electron chi connectivity index (χ1n) is 9.17. The summed E-state index contributed by atoms with van der Waals surface area (Å²) in [6, 6.07) is 8.74. The van der Waals surface area contributed by atoms with E-state index in [1.54, 1.807) is 43.0 Å². The van der Waals surface area contributed by atoms with Crippen LogP contribution in [0.15, 0.2) is 53.9 Å². The molecule has 2 aromatic heterocycles. The van der Waals surface area contributed by atoms with E-state index in [0.717, 1.165) is 24.2 Å². The van der Waals surface area contributed by atoms with Gasteiger partial charge in [-0.15, -0.1) is 0 Å². The van der Waals surface area contributed by atoms with Gasteiger partial charge in [-0.1, -0.05) is 0 Å². The average Bonchev–Trinajstić information content (AvgIpc) is 3.32. The Morgan fingerprint density at radius 2 is 1.89 bits per heavy atom. The third-order valence-corrected chi connectivity index (χ3v) is 6.00. The molecule has 2 N–H and O–H groups in total. The maximum absolute atomic E-state index is 12.3. The van der Waals surface area contributed by atoms with Crippen molar-refractivity contribution in [3.63, 3.8) is 0 Å². The fraction of sp³-hybridized carbons (Fsp3) is 0.316. The molecule has 0 aliphatic heterocycles. The van der Waals surface area contributed by atoms with Crippen LogP contribution in [0.4, 0.5) is 11.6 Å². The SMILES string of the molecule is CC(C)n1cncc1-c1ccnc(Nc2ccc(S(=O)(=O)NC3CC3)cc2)n1. The Labute approximate surface area is 164 Å². The average molecular weight is 398 g/mol. The van der Waals surface area contributed by atoms with Gasteiger partial charge in [0.15, 0.2) is 0 Å². The number of nitrogens with one attached hydrogen (secondary N) is 2. The molecule has 2 heterocycles. The molecule has 4 rings (SSSR count). The number of aromatic nitrogens is 4. The van der Waals surface area contributed by atoms with Crippen molar-refractivity contribution >= 4 is 21.7 Å². The van der Waals surface area contributed by atoms with Gasteiger partial charge in [0.05, 0.1) is 28.8 Å². The maximum atomic E-state index is 12.3. The lowest BCUT2D eigenvalue weighted by Gasteiger charge is -2.12. The number of benzene rings is 1. The molecular formula is C19H22N6O2S. The number of rotatable bonds is 7. The molecule has 0 unspecified atom stereocenters. The zero-order valence-corrected chi connectivity index (χ0v) is 16.5. The molecule has 0 radical (unpaired) electrons. The van der Waals surface area contributed by atoms with E-state index in [9.17, 15) is 8.42 Å². The van der Waals surface area contributed by atoms with Crippen molar-refractivity contribution in [2.45, 2.75) is 43.7 Å². The second-order valence-corrected chi connectivity index (χ2v) is 8.80. The van der Waals surface area contributed by atoms with E-state index in [0.29, 0.717) is 11.6 Å². The molecule has 0 bridgehead atoms. The van der Waals surface area contributed by atoms with Gasteiger partial charge in [0.2, 0.25) is 16.0 Å². The van der Waals surface area contributed by atoms with Crippen LogP contribution in [-0.4, -0.2) is 34.0 Å². The highest BCUT2D eigenvalue weighted by atomic mass is 32.2. The molecule has 1 saturated carbocycles. The van der Waals surface area contributed by atoms with Gasteiger partial charge in [-0.2, -0.15) is 0 Å². The first-order valence-corrected chi connectivity index (χ1v) is 10.7. The van der Waals surface area contributed by atoms with E-state index in [4.69, 9.17) is 0 Å². The Kier molecular flexibility index (Phi) is 4.86. The quantitative estimate of drug-likeness (QED) is 0.634. The maximum Gasteiger partial charge on any atom is 0.240 e. The Hall–Kier alpha value is -2.78. The van der Waals surface area contributed by atoms with Gasteiger partial charge in [-0.3, -0.25) is 0 Å². The summed E-state index contributed by atoms with van der Waals surface area (Å²) in [5.74, 6) is 0.431. The van der Waals surface area contributed by atoms with Gasteiger partial charge in [-0.25, -0.2) is 28.1 Å². The van der Waals surface area contributed by atoms with E-state index in [1.807, 2.05) is 10.6 Å². The van der Waals surface area contributed by atoms with Gasteiger partial charge in [0, 0.05) is 24.0 Å². The number of hydrogen-bond donors (Lipinski definition) is 2. The van der Waals surface area contributed by atoms with Crippen LogP contribution in [0, 0.1) is 0 Å². The standard InChI is InChI=1S/C19H22N6O2S/c1-13(2)25-12-20-11-18(25)17-9-10-21-19(23-17)22-14-5-7-16(8-6-14)28(26,27)24-15-3-4-15/h5-13,15,24H,3-4H2,1-2H3,(H,21,22,23). The Morgan fingerprint density at radius 1 is 1.14 bits per heavy atom. The minimum absolute atomic E-state index is 0.0817. The van der Waals surface area contributed by atoms with Crippen LogP contribution in [-0.2, 0) is 10.0 Å². The first-order chi connectivity index (χ1) is 13.4. The van der Waals surface area contributed by atoms with Crippen LogP contribution in [0.1, 0.15) is 32.7 Å². The van der Waals surface area contributed by atoms with Crippen LogP contribution in [0.2, 0.25) is 0 Å². The van der Waals surface area contributed by atoms with Crippen molar-refractivity contribution < 1.29 is 8.42 Å². The molecule has 1 aliphatic carbocycles. The highest BCUT2D eigenvalue weighted by Crippen LogP contribution is 2.24. The van der Waals surface area contributed by atoms with Gasteiger partial charge < -0.3 is 9.88 Å². The van der Waals surface area contributed by atoms with Crippen molar-refractivity contribution in [2.75, 3.05) is 5.32 Å². The number of nitrogens with zero attached hydrogens (tertiary/aromatic N) is 4. The second kappa shape index (κ2) is 7.33. The van der Waals surface area contributed by atoms with Gasteiger partial charge in [0.25, 0.3) is 0 Å². The minimum Gasteiger partial charge on any atom is -0.327 e. The van der Waals surface area contributed by atoms with Gasteiger partial charge in [-0.05, 0) is 57.0 Å². The van der Waals surface area contributed by atoms with Crippen molar-refractivity contribution in [3.8, 4) is 11.4 Å². The van der Waals surface area contributed by atoms with E-state index < -0.39 is 10.0 Å². The van der Waals surface area contributed by atoms with E-state index in [-0.39, 0.29) is 17.0 Å². The molecule has 9 heteroatoms. The van der Waals surface area contributed by atoms with Crippen molar-refractivity contribution in [1.82, 2.24) is 24.2 Å². The smallest absolute Gasteiger partial charge is 0.240 e. The van der Waals surface area contributed by atoms with Crippen molar-refractivity contribution in [2.24, 2.45) is 0 Å². The molecule has 28 heavy (non-hydrogen) atoms. The summed E-state index contributed by atoms with van der Waals surface area (Å²) >= 11 is 0. The molecule has 1 aromatic carbocycles. The summed E-state index contributed by atoms with van der Waals surface area (Å²) in [5.41, 5.74) is 2.38. The van der Waals surface area contributed by atoms with E-state index in [2.05, 4.69) is 38.8 Å². The molecule has 146 valence electrons. The van der Waals surface area contributed by atoms with Gasteiger partial charge >= 0.3 is 0 Å². The number of imidazole rings is 1. The molecule has 0 amide bonds.